The standard InChI is InChI=1S/C23H40F6N6O/c1-2-36-21-32-19(30-16-7-5-6-15(14-16)22(24,25)26)31-20(33-21)35-12-10-34(11-13-35)18-9-4-3-8-17(18)23(27,28)29/h15-21,30-33H,2-14H2,1H3. The molecular formula is C23H40F6N6O. The van der Waals surface area contributed by atoms with Crippen LogP contribution < -0.4 is 21.3 Å². The molecule has 4 aliphatic rings. The SMILES string of the molecule is CCOC1NC(NC2CCCC(C(F)(F)F)C2)NC(N2CCN(C3CCCCC3C(F)(F)F)CC2)N1. The molecule has 0 bridgehead atoms. The lowest BCUT2D eigenvalue weighted by molar-refractivity contribution is -0.201. The van der Waals surface area contributed by atoms with Gasteiger partial charge in [-0.15, -0.1) is 0 Å². The molecule has 0 aromatic rings. The molecule has 0 aromatic carbocycles. The number of ether oxygens (including phenoxy) is 1. The van der Waals surface area contributed by atoms with E-state index in [4.69, 9.17) is 4.74 Å². The Hall–Kier alpha value is -0.700. The third-order valence-electron chi connectivity index (χ3n) is 8.16. The molecule has 210 valence electrons. The smallest absolute Gasteiger partial charge is 0.350 e. The van der Waals surface area contributed by atoms with Crippen LogP contribution in [0.4, 0.5) is 26.3 Å². The third kappa shape index (κ3) is 7.23. The van der Waals surface area contributed by atoms with Gasteiger partial charge in [0.15, 0.2) is 6.35 Å². The summed E-state index contributed by atoms with van der Waals surface area (Å²) in [6.07, 6.45) is -6.02. The second-order valence-corrected chi connectivity index (χ2v) is 10.5. The lowest BCUT2D eigenvalue weighted by Crippen LogP contribution is -2.77. The Bertz CT molecular complexity index is 689. The van der Waals surface area contributed by atoms with Gasteiger partial charge < -0.3 is 4.74 Å². The summed E-state index contributed by atoms with van der Waals surface area (Å²) >= 11 is 0. The van der Waals surface area contributed by atoms with Crippen molar-refractivity contribution in [2.24, 2.45) is 11.8 Å². The van der Waals surface area contributed by atoms with E-state index in [1.807, 2.05) is 11.8 Å². The third-order valence-corrected chi connectivity index (χ3v) is 8.16. The average molecular weight is 531 g/mol. The summed E-state index contributed by atoms with van der Waals surface area (Å²) in [5.41, 5.74) is 0. The van der Waals surface area contributed by atoms with Crippen molar-refractivity contribution in [3.05, 3.63) is 0 Å². The molecule has 13 heteroatoms. The minimum absolute atomic E-state index is 0.0428. The molecule has 7 unspecified atom stereocenters. The van der Waals surface area contributed by atoms with Gasteiger partial charge in [-0.2, -0.15) is 26.3 Å². The number of hydrogen-bond acceptors (Lipinski definition) is 7. The first-order valence-electron chi connectivity index (χ1n) is 13.3. The Balaban J connectivity index is 1.33. The maximum absolute atomic E-state index is 13.6. The molecule has 4 N–H and O–H groups in total. The van der Waals surface area contributed by atoms with Gasteiger partial charge in [0.05, 0.1) is 11.8 Å². The second kappa shape index (κ2) is 12.0. The van der Waals surface area contributed by atoms with Crippen molar-refractivity contribution >= 4 is 0 Å². The van der Waals surface area contributed by atoms with Crippen LogP contribution in [0, 0.1) is 11.8 Å². The normalized spacial score (nSPS) is 38.2. The molecular weight excluding hydrogens is 490 g/mol. The summed E-state index contributed by atoms with van der Waals surface area (Å²) in [6, 6.07) is -0.743. The van der Waals surface area contributed by atoms with Crippen LogP contribution in [0.25, 0.3) is 0 Å². The zero-order valence-electron chi connectivity index (χ0n) is 20.8. The predicted molar refractivity (Wildman–Crippen MR) is 122 cm³/mol. The van der Waals surface area contributed by atoms with Crippen LogP contribution in [0.3, 0.4) is 0 Å². The van der Waals surface area contributed by atoms with Crippen LogP contribution in [0.15, 0.2) is 0 Å². The van der Waals surface area contributed by atoms with Crippen LogP contribution in [0.2, 0.25) is 0 Å². The van der Waals surface area contributed by atoms with Crippen LogP contribution in [0.5, 0.6) is 0 Å². The number of nitrogens with one attached hydrogen (secondary N) is 4. The van der Waals surface area contributed by atoms with E-state index in [9.17, 15) is 26.3 Å². The van der Waals surface area contributed by atoms with Crippen molar-refractivity contribution in [1.82, 2.24) is 31.1 Å². The average Bonchev–Trinajstić information content (AvgIpc) is 2.83. The van der Waals surface area contributed by atoms with Crippen molar-refractivity contribution < 1.29 is 31.1 Å². The van der Waals surface area contributed by atoms with Gasteiger partial charge in [0.2, 0.25) is 0 Å². The van der Waals surface area contributed by atoms with Gasteiger partial charge in [0, 0.05) is 44.9 Å². The van der Waals surface area contributed by atoms with E-state index in [1.54, 1.807) is 0 Å². The highest BCUT2D eigenvalue weighted by atomic mass is 19.4. The molecule has 2 aliphatic heterocycles. The van der Waals surface area contributed by atoms with E-state index < -0.39 is 42.9 Å². The number of halogens is 6. The maximum atomic E-state index is 13.6. The molecule has 7 nitrogen and oxygen atoms in total. The summed E-state index contributed by atoms with van der Waals surface area (Å²) in [6.45, 7) is 4.54. The van der Waals surface area contributed by atoms with E-state index in [1.165, 1.54) is 0 Å². The van der Waals surface area contributed by atoms with Crippen molar-refractivity contribution in [2.75, 3.05) is 32.8 Å². The van der Waals surface area contributed by atoms with Gasteiger partial charge in [-0.05, 0) is 39.0 Å². The number of piperazine rings is 1. The first-order chi connectivity index (χ1) is 17.0. The molecule has 2 saturated heterocycles. The van der Waals surface area contributed by atoms with E-state index in [2.05, 4.69) is 26.2 Å². The number of nitrogens with zero attached hydrogens (tertiary/aromatic N) is 2. The Morgan fingerprint density at radius 2 is 1.50 bits per heavy atom. The first-order valence-corrected chi connectivity index (χ1v) is 13.3. The van der Waals surface area contributed by atoms with Gasteiger partial charge in [0.1, 0.15) is 12.6 Å². The number of hydrogen-bond donors (Lipinski definition) is 4. The molecule has 2 aliphatic carbocycles. The quantitative estimate of drug-likeness (QED) is 0.394. The lowest BCUT2D eigenvalue weighted by atomic mass is 9.82. The molecule has 0 spiro atoms. The Labute approximate surface area is 209 Å². The first kappa shape index (κ1) is 28.3. The van der Waals surface area contributed by atoms with Gasteiger partial charge in [-0.25, -0.2) is 0 Å². The zero-order valence-corrected chi connectivity index (χ0v) is 20.8. The minimum Gasteiger partial charge on any atom is -0.350 e. The topological polar surface area (TPSA) is 63.8 Å². The highest BCUT2D eigenvalue weighted by Crippen LogP contribution is 2.40. The maximum Gasteiger partial charge on any atom is 0.393 e. The van der Waals surface area contributed by atoms with Crippen LogP contribution >= 0.6 is 0 Å². The van der Waals surface area contributed by atoms with Crippen molar-refractivity contribution in [3.63, 3.8) is 0 Å². The molecule has 0 aromatic heterocycles. The van der Waals surface area contributed by atoms with Crippen molar-refractivity contribution in [2.45, 2.75) is 102 Å². The molecule has 0 amide bonds. The molecule has 0 radical (unpaired) electrons. The van der Waals surface area contributed by atoms with Crippen LogP contribution in [0.1, 0.15) is 58.3 Å². The van der Waals surface area contributed by atoms with Gasteiger partial charge in [0.25, 0.3) is 0 Å². The van der Waals surface area contributed by atoms with E-state index in [0.29, 0.717) is 58.5 Å². The fourth-order valence-electron chi connectivity index (χ4n) is 6.30. The predicted octanol–water partition coefficient (Wildman–Crippen LogP) is 3.11. The molecule has 4 rings (SSSR count). The second-order valence-electron chi connectivity index (χ2n) is 10.5. The highest BCUT2D eigenvalue weighted by molar-refractivity contribution is 4.92. The summed E-state index contributed by atoms with van der Waals surface area (Å²) in [5.74, 6) is -2.56. The van der Waals surface area contributed by atoms with Gasteiger partial charge in [-0.1, -0.05) is 19.3 Å². The Morgan fingerprint density at radius 1 is 0.806 bits per heavy atom. The Morgan fingerprint density at radius 3 is 2.17 bits per heavy atom. The van der Waals surface area contributed by atoms with Crippen molar-refractivity contribution in [1.29, 1.82) is 0 Å². The summed E-state index contributed by atoms with van der Waals surface area (Å²) < 4.78 is 86.3. The molecule has 2 saturated carbocycles. The fourth-order valence-corrected chi connectivity index (χ4v) is 6.30. The van der Waals surface area contributed by atoms with Crippen molar-refractivity contribution in [3.8, 4) is 0 Å². The number of rotatable bonds is 6. The Kier molecular flexibility index (Phi) is 9.44. The lowest BCUT2D eigenvalue weighted by Gasteiger charge is -2.49. The minimum atomic E-state index is -4.19. The van der Waals surface area contributed by atoms with Crippen LogP contribution in [-0.2, 0) is 4.74 Å². The van der Waals surface area contributed by atoms with Gasteiger partial charge >= 0.3 is 12.4 Å². The largest absolute Gasteiger partial charge is 0.393 e. The number of alkyl halides is 6. The summed E-state index contributed by atoms with van der Waals surface area (Å²) in [4.78, 5) is 4.12. The highest BCUT2D eigenvalue weighted by Gasteiger charge is 2.48. The molecule has 36 heavy (non-hydrogen) atoms. The monoisotopic (exact) mass is 530 g/mol. The van der Waals surface area contributed by atoms with Gasteiger partial charge in [-0.3, -0.25) is 31.1 Å². The summed E-state index contributed by atoms with van der Waals surface area (Å²) in [5, 5.41) is 13.2. The van der Waals surface area contributed by atoms with E-state index in [-0.39, 0.29) is 31.6 Å². The van der Waals surface area contributed by atoms with E-state index in [0.717, 1.165) is 6.42 Å². The summed E-state index contributed by atoms with van der Waals surface area (Å²) in [7, 11) is 0. The molecule has 2 heterocycles. The molecule has 4 fully saturated rings. The van der Waals surface area contributed by atoms with E-state index >= 15 is 0 Å². The molecule has 7 atom stereocenters. The zero-order chi connectivity index (χ0) is 25.9. The fraction of sp³-hybridized carbons (Fsp3) is 1.00. The van der Waals surface area contributed by atoms with Crippen LogP contribution in [-0.4, -0.2) is 86.0 Å².